The molecule has 0 atom stereocenters. The molecule has 2 aromatic heterocycles. The maximum atomic E-state index is 13.0. The summed E-state index contributed by atoms with van der Waals surface area (Å²) >= 11 is 7.33. The first kappa shape index (κ1) is 24.2. The Bertz CT molecular complexity index is 1420. The Kier molecular flexibility index (Phi) is 7.52. The van der Waals surface area contributed by atoms with E-state index in [1.54, 1.807) is 31.5 Å². The second-order valence-corrected chi connectivity index (χ2v) is 10.4. The number of aromatic nitrogens is 4. The summed E-state index contributed by atoms with van der Waals surface area (Å²) in [6.07, 6.45) is 1.90. The number of nitrogens with zero attached hydrogens (tertiary/aromatic N) is 4. The molecular weight excluding hydrogens is 494 g/mol. The number of fused-ring (bicyclic) bond motifs is 1. The molecule has 0 bridgehead atoms. The van der Waals surface area contributed by atoms with Gasteiger partial charge in [-0.3, -0.25) is 9.55 Å². The van der Waals surface area contributed by atoms with E-state index in [4.69, 9.17) is 16.3 Å². The number of pyridine rings is 1. The van der Waals surface area contributed by atoms with E-state index in [-0.39, 0.29) is 11.4 Å². The van der Waals surface area contributed by atoms with Crippen molar-refractivity contribution in [2.45, 2.75) is 16.5 Å². The first-order valence-electron chi connectivity index (χ1n) is 10.3. The summed E-state index contributed by atoms with van der Waals surface area (Å²) in [5, 5.41) is 10.5. The first-order chi connectivity index (χ1) is 16.4. The second kappa shape index (κ2) is 10.6. The van der Waals surface area contributed by atoms with Gasteiger partial charge in [-0.25, -0.2) is 13.1 Å². The van der Waals surface area contributed by atoms with Gasteiger partial charge in [-0.15, -0.1) is 10.2 Å². The summed E-state index contributed by atoms with van der Waals surface area (Å²) in [7, 11) is -2.18. The first-order valence-corrected chi connectivity index (χ1v) is 13.1. The van der Waals surface area contributed by atoms with Gasteiger partial charge in [0, 0.05) is 41.0 Å². The minimum Gasteiger partial charge on any atom is -0.497 e. The Hall–Kier alpha value is -2.92. The van der Waals surface area contributed by atoms with Crippen molar-refractivity contribution >= 4 is 44.3 Å². The van der Waals surface area contributed by atoms with Gasteiger partial charge in [0.25, 0.3) is 0 Å². The number of sulfonamides is 1. The molecule has 0 aliphatic carbocycles. The van der Waals surface area contributed by atoms with Gasteiger partial charge in [0.1, 0.15) is 16.5 Å². The summed E-state index contributed by atoms with van der Waals surface area (Å²) in [5.74, 6) is 1.79. The number of nitrogens with one attached hydrogen (secondary N) is 1. The van der Waals surface area contributed by atoms with Crippen molar-refractivity contribution in [3.63, 3.8) is 0 Å². The van der Waals surface area contributed by atoms with Gasteiger partial charge in [-0.05, 0) is 36.4 Å². The highest BCUT2D eigenvalue weighted by molar-refractivity contribution is 7.99. The highest BCUT2D eigenvalue weighted by atomic mass is 35.5. The normalized spacial score (nSPS) is 11.6. The van der Waals surface area contributed by atoms with Crippen molar-refractivity contribution in [1.82, 2.24) is 24.5 Å². The molecule has 0 aliphatic heterocycles. The molecule has 0 saturated carbocycles. The molecule has 4 aromatic rings. The van der Waals surface area contributed by atoms with Crippen LogP contribution in [0.2, 0.25) is 0 Å². The fraction of sp³-hybridized carbons (Fsp3) is 0.174. The average molecular weight is 516 g/mol. The Morgan fingerprint density at radius 2 is 1.91 bits per heavy atom. The van der Waals surface area contributed by atoms with Crippen molar-refractivity contribution in [1.29, 1.82) is 0 Å². The molecule has 0 unspecified atom stereocenters. The SMILES string of the molecule is C=C(Cl)CSc1nnc(CCNS(=O)(=O)c2cccc3cccnc23)n1-c1ccc(OC)cc1. The van der Waals surface area contributed by atoms with Crippen LogP contribution in [0.3, 0.4) is 0 Å². The lowest BCUT2D eigenvalue weighted by Crippen LogP contribution is -2.27. The minimum absolute atomic E-state index is 0.132. The van der Waals surface area contributed by atoms with E-state index < -0.39 is 10.0 Å². The molecule has 2 heterocycles. The zero-order valence-corrected chi connectivity index (χ0v) is 20.7. The van der Waals surface area contributed by atoms with Crippen LogP contribution in [-0.4, -0.2) is 47.6 Å². The average Bonchev–Trinajstić information content (AvgIpc) is 3.25. The quantitative estimate of drug-likeness (QED) is 0.316. The van der Waals surface area contributed by atoms with E-state index in [1.807, 2.05) is 41.0 Å². The highest BCUT2D eigenvalue weighted by Gasteiger charge is 2.20. The lowest BCUT2D eigenvalue weighted by molar-refractivity contribution is 0.414. The van der Waals surface area contributed by atoms with Gasteiger partial charge in [-0.2, -0.15) is 0 Å². The lowest BCUT2D eigenvalue weighted by atomic mass is 10.2. The molecule has 34 heavy (non-hydrogen) atoms. The summed E-state index contributed by atoms with van der Waals surface area (Å²) in [5.41, 5.74) is 1.25. The number of ether oxygens (including phenoxy) is 1. The van der Waals surface area contributed by atoms with E-state index in [9.17, 15) is 8.42 Å². The van der Waals surface area contributed by atoms with E-state index in [1.165, 1.54) is 11.8 Å². The molecule has 0 saturated heterocycles. The van der Waals surface area contributed by atoms with E-state index >= 15 is 0 Å². The largest absolute Gasteiger partial charge is 0.497 e. The van der Waals surface area contributed by atoms with Gasteiger partial charge in [0.15, 0.2) is 5.16 Å². The molecular formula is C23H22ClN5O3S2. The van der Waals surface area contributed by atoms with E-state index in [0.29, 0.717) is 33.7 Å². The van der Waals surface area contributed by atoms with Crippen LogP contribution in [0.1, 0.15) is 5.82 Å². The number of benzene rings is 2. The number of para-hydroxylation sites is 1. The number of hydrogen-bond acceptors (Lipinski definition) is 7. The van der Waals surface area contributed by atoms with Crippen LogP contribution in [-0.2, 0) is 16.4 Å². The van der Waals surface area contributed by atoms with Crippen molar-refractivity contribution in [3.05, 3.63) is 78.2 Å². The molecule has 11 heteroatoms. The second-order valence-electron chi connectivity index (χ2n) is 7.22. The summed E-state index contributed by atoms with van der Waals surface area (Å²) in [6, 6.07) is 16.1. The molecule has 0 spiro atoms. The molecule has 0 radical (unpaired) electrons. The summed E-state index contributed by atoms with van der Waals surface area (Å²) in [4.78, 5) is 4.38. The molecule has 0 aliphatic rings. The Morgan fingerprint density at radius 1 is 1.15 bits per heavy atom. The fourth-order valence-electron chi connectivity index (χ4n) is 3.36. The van der Waals surface area contributed by atoms with Crippen LogP contribution in [0.5, 0.6) is 5.75 Å². The Morgan fingerprint density at radius 3 is 2.65 bits per heavy atom. The van der Waals surface area contributed by atoms with Crippen LogP contribution < -0.4 is 9.46 Å². The third kappa shape index (κ3) is 5.41. The number of thioether (sulfide) groups is 1. The maximum Gasteiger partial charge on any atom is 0.242 e. The Labute approximate surface area is 207 Å². The monoisotopic (exact) mass is 515 g/mol. The molecule has 0 amide bonds. The number of hydrogen-bond donors (Lipinski definition) is 1. The number of methoxy groups -OCH3 is 1. The number of halogens is 1. The molecule has 176 valence electrons. The standard InChI is InChI=1S/C23H22ClN5O3S2/c1-16(24)15-33-23-28-27-21(29(23)18-8-10-19(32-2)11-9-18)12-14-26-34(30,31)20-7-3-5-17-6-4-13-25-22(17)20/h3-11,13,26H,1,12,14-15H2,2H3. The predicted octanol–water partition coefficient (Wildman–Crippen LogP) is 4.19. The zero-order chi connectivity index (χ0) is 24.1. The third-order valence-electron chi connectivity index (χ3n) is 4.91. The molecule has 2 aromatic carbocycles. The van der Waals surface area contributed by atoms with Crippen LogP contribution in [0.4, 0.5) is 0 Å². The van der Waals surface area contributed by atoms with E-state index in [2.05, 4.69) is 26.5 Å². The zero-order valence-electron chi connectivity index (χ0n) is 18.3. The molecule has 0 fully saturated rings. The lowest BCUT2D eigenvalue weighted by Gasteiger charge is -2.12. The van der Waals surface area contributed by atoms with E-state index in [0.717, 1.165) is 16.8 Å². The van der Waals surface area contributed by atoms with Crippen molar-refractivity contribution in [2.75, 3.05) is 19.4 Å². The van der Waals surface area contributed by atoms with Gasteiger partial charge >= 0.3 is 0 Å². The van der Waals surface area contributed by atoms with Gasteiger partial charge < -0.3 is 4.74 Å². The van der Waals surface area contributed by atoms with Gasteiger partial charge in [-0.1, -0.05) is 48.1 Å². The molecule has 1 N–H and O–H groups in total. The van der Waals surface area contributed by atoms with Crippen molar-refractivity contribution < 1.29 is 13.2 Å². The summed E-state index contributed by atoms with van der Waals surface area (Å²) < 4.78 is 35.8. The topological polar surface area (TPSA) is 99.0 Å². The third-order valence-corrected chi connectivity index (χ3v) is 7.71. The highest BCUT2D eigenvalue weighted by Crippen LogP contribution is 2.26. The molecule has 8 nitrogen and oxygen atoms in total. The molecule has 4 rings (SSSR count). The smallest absolute Gasteiger partial charge is 0.242 e. The van der Waals surface area contributed by atoms with Crippen molar-refractivity contribution in [2.24, 2.45) is 0 Å². The van der Waals surface area contributed by atoms with Crippen LogP contribution in [0, 0.1) is 0 Å². The van der Waals surface area contributed by atoms with Gasteiger partial charge in [0.2, 0.25) is 10.0 Å². The van der Waals surface area contributed by atoms with Crippen LogP contribution in [0.15, 0.2) is 82.5 Å². The minimum atomic E-state index is -3.78. The van der Waals surface area contributed by atoms with Crippen molar-refractivity contribution in [3.8, 4) is 11.4 Å². The Balaban J connectivity index is 1.56. The summed E-state index contributed by atoms with van der Waals surface area (Å²) in [6.45, 7) is 3.85. The van der Waals surface area contributed by atoms with Crippen LogP contribution in [0.25, 0.3) is 16.6 Å². The van der Waals surface area contributed by atoms with Crippen LogP contribution >= 0.6 is 23.4 Å². The van der Waals surface area contributed by atoms with Gasteiger partial charge in [0.05, 0.1) is 12.6 Å². The fourth-order valence-corrected chi connectivity index (χ4v) is 5.45. The maximum absolute atomic E-state index is 13.0. The predicted molar refractivity (Wildman–Crippen MR) is 134 cm³/mol. The number of rotatable bonds is 10.